The number of hydrogen-bond donors (Lipinski definition) is 2. The Kier molecular flexibility index (Phi) is 6.10. The SMILES string of the molecule is CCOC(=O)C(N)C(=O)NC(C)c1ccc(OC)c(F)c1. The highest BCUT2D eigenvalue weighted by Gasteiger charge is 2.25. The van der Waals surface area contributed by atoms with Gasteiger partial charge in [-0.1, -0.05) is 6.07 Å². The number of methoxy groups -OCH3 is 1. The molecule has 0 aromatic heterocycles. The minimum atomic E-state index is -1.41. The van der Waals surface area contributed by atoms with Crippen molar-refractivity contribution in [3.05, 3.63) is 29.6 Å². The quantitative estimate of drug-likeness (QED) is 0.601. The van der Waals surface area contributed by atoms with Crippen LogP contribution < -0.4 is 15.8 Å². The fourth-order valence-corrected chi connectivity index (χ4v) is 1.68. The molecule has 0 heterocycles. The van der Waals surface area contributed by atoms with Crippen molar-refractivity contribution in [3.63, 3.8) is 0 Å². The van der Waals surface area contributed by atoms with Gasteiger partial charge in [-0.3, -0.25) is 4.79 Å². The van der Waals surface area contributed by atoms with Gasteiger partial charge in [0.05, 0.1) is 19.8 Å². The molecule has 0 spiro atoms. The summed E-state index contributed by atoms with van der Waals surface area (Å²) in [6.45, 7) is 3.40. The summed E-state index contributed by atoms with van der Waals surface area (Å²) in [5.41, 5.74) is 5.99. The second-order valence-corrected chi connectivity index (χ2v) is 4.35. The van der Waals surface area contributed by atoms with Crippen molar-refractivity contribution < 1.29 is 23.5 Å². The number of benzene rings is 1. The molecule has 0 saturated heterocycles. The summed E-state index contributed by atoms with van der Waals surface area (Å²) in [5, 5.41) is 2.53. The predicted octanol–water partition coefficient (Wildman–Crippen LogP) is 0.902. The molecule has 0 radical (unpaired) electrons. The van der Waals surface area contributed by atoms with Gasteiger partial charge in [0.25, 0.3) is 0 Å². The van der Waals surface area contributed by atoms with E-state index >= 15 is 0 Å². The number of amides is 1. The number of carbonyl (C=O) groups excluding carboxylic acids is 2. The highest BCUT2D eigenvalue weighted by Crippen LogP contribution is 2.21. The van der Waals surface area contributed by atoms with E-state index in [-0.39, 0.29) is 12.4 Å². The van der Waals surface area contributed by atoms with Gasteiger partial charge >= 0.3 is 5.97 Å². The maximum atomic E-state index is 13.6. The molecule has 0 fully saturated rings. The fourth-order valence-electron chi connectivity index (χ4n) is 1.68. The smallest absolute Gasteiger partial charge is 0.332 e. The molecule has 1 aromatic carbocycles. The summed E-state index contributed by atoms with van der Waals surface area (Å²) in [7, 11) is 1.36. The normalized spacial score (nSPS) is 13.2. The zero-order valence-corrected chi connectivity index (χ0v) is 12.2. The van der Waals surface area contributed by atoms with Crippen molar-refractivity contribution in [2.45, 2.75) is 25.9 Å². The first-order valence-electron chi connectivity index (χ1n) is 6.46. The summed E-state index contributed by atoms with van der Waals surface area (Å²) in [6, 6.07) is 2.40. The molecule has 1 amide bonds. The number of nitrogens with two attached hydrogens (primary N) is 1. The van der Waals surface area contributed by atoms with Gasteiger partial charge in [-0.2, -0.15) is 0 Å². The zero-order chi connectivity index (χ0) is 16.0. The van der Waals surface area contributed by atoms with Crippen molar-refractivity contribution >= 4 is 11.9 Å². The lowest BCUT2D eigenvalue weighted by molar-refractivity contribution is -0.148. The minimum absolute atomic E-state index is 0.112. The van der Waals surface area contributed by atoms with E-state index in [0.29, 0.717) is 5.56 Å². The Balaban J connectivity index is 2.72. The van der Waals surface area contributed by atoms with Crippen molar-refractivity contribution in [1.29, 1.82) is 0 Å². The van der Waals surface area contributed by atoms with Gasteiger partial charge in [-0.15, -0.1) is 0 Å². The molecule has 1 rings (SSSR count). The standard InChI is InChI=1S/C14H19FN2O4/c1-4-21-14(19)12(16)13(18)17-8(2)9-5-6-11(20-3)10(15)7-9/h5-8,12H,4,16H2,1-3H3,(H,17,18). The molecule has 0 aliphatic rings. The van der Waals surface area contributed by atoms with Crippen molar-refractivity contribution in [2.75, 3.05) is 13.7 Å². The van der Waals surface area contributed by atoms with Gasteiger partial charge in [0.2, 0.25) is 5.91 Å². The maximum Gasteiger partial charge on any atom is 0.332 e. The monoisotopic (exact) mass is 298 g/mol. The zero-order valence-electron chi connectivity index (χ0n) is 12.2. The average molecular weight is 298 g/mol. The van der Waals surface area contributed by atoms with E-state index in [1.54, 1.807) is 19.9 Å². The van der Waals surface area contributed by atoms with E-state index in [4.69, 9.17) is 10.5 Å². The third-order valence-corrected chi connectivity index (χ3v) is 2.86. The van der Waals surface area contributed by atoms with Crippen LogP contribution >= 0.6 is 0 Å². The molecule has 0 saturated carbocycles. The van der Waals surface area contributed by atoms with Crippen LogP contribution in [0.5, 0.6) is 5.75 Å². The molecule has 2 atom stereocenters. The highest BCUT2D eigenvalue weighted by atomic mass is 19.1. The third-order valence-electron chi connectivity index (χ3n) is 2.86. The Labute approximate surface area is 122 Å². The lowest BCUT2D eigenvalue weighted by Gasteiger charge is -2.17. The molecule has 21 heavy (non-hydrogen) atoms. The van der Waals surface area contributed by atoms with Gasteiger partial charge in [0, 0.05) is 0 Å². The number of halogens is 1. The van der Waals surface area contributed by atoms with Crippen LogP contribution in [0.4, 0.5) is 4.39 Å². The van der Waals surface area contributed by atoms with Crippen LogP contribution in [-0.4, -0.2) is 31.6 Å². The topological polar surface area (TPSA) is 90.7 Å². The summed E-state index contributed by atoms with van der Waals surface area (Å²) in [4.78, 5) is 23.2. The first kappa shape index (κ1) is 16.9. The molecule has 0 aliphatic carbocycles. The van der Waals surface area contributed by atoms with Crippen LogP contribution in [0.15, 0.2) is 18.2 Å². The highest BCUT2D eigenvalue weighted by molar-refractivity contribution is 6.01. The first-order valence-corrected chi connectivity index (χ1v) is 6.46. The van der Waals surface area contributed by atoms with Crippen molar-refractivity contribution in [3.8, 4) is 5.75 Å². The molecule has 0 aliphatic heterocycles. The molecular weight excluding hydrogens is 279 g/mol. The molecule has 6 nitrogen and oxygen atoms in total. The van der Waals surface area contributed by atoms with Crippen LogP contribution in [0.1, 0.15) is 25.5 Å². The lowest BCUT2D eigenvalue weighted by atomic mass is 10.1. The number of ether oxygens (including phenoxy) is 2. The molecule has 2 unspecified atom stereocenters. The largest absolute Gasteiger partial charge is 0.494 e. The second-order valence-electron chi connectivity index (χ2n) is 4.35. The number of nitrogens with one attached hydrogen (secondary N) is 1. The lowest BCUT2D eigenvalue weighted by Crippen LogP contribution is -2.47. The maximum absolute atomic E-state index is 13.6. The number of hydrogen-bond acceptors (Lipinski definition) is 5. The molecule has 0 bridgehead atoms. The Morgan fingerprint density at radius 1 is 1.43 bits per heavy atom. The van der Waals surface area contributed by atoms with Crippen LogP contribution in [0.2, 0.25) is 0 Å². The van der Waals surface area contributed by atoms with Gasteiger partial charge in [0.15, 0.2) is 17.6 Å². The predicted molar refractivity (Wildman–Crippen MR) is 74.1 cm³/mol. The van der Waals surface area contributed by atoms with Gasteiger partial charge in [-0.25, -0.2) is 9.18 Å². The van der Waals surface area contributed by atoms with Crippen LogP contribution in [-0.2, 0) is 14.3 Å². The van der Waals surface area contributed by atoms with Crippen LogP contribution in [0.3, 0.4) is 0 Å². The molecule has 1 aromatic rings. The van der Waals surface area contributed by atoms with E-state index in [0.717, 1.165) is 0 Å². The van der Waals surface area contributed by atoms with Gasteiger partial charge < -0.3 is 20.5 Å². The first-order chi connectivity index (χ1) is 9.90. The van der Waals surface area contributed by atoms with E-state index < -0.39 is 29.8 Å². The Bertz CT molecular complexity index is 522. The van der Waals surface area contributed by atoms with E-state index in [9.17, 15) is 14.0 Å². The summed E-state index contributed by atoms with van der Waals surface area (Å²) >= 11 is 0. The van der Waals surface area contributed by atoms with Crippen molar-refractivity contribution in [1.82, 2.24) is 5.32 Å². The van der Waals surface area contributed by atoms with Crippen LogP contribution in [0, 0.1) is 5.82 Å². The second kappa shape index (κ2) is 7.58. The van der Waals surface area contributed by atoms with Gasteiger partial charge in [-0.05, 0) is 31.5 Å². The Hall–Kier alpha value is -2.15. The Morgan fingerprint density at radius 2 is 2.10 bits per heavy atom. The molecular formula is C14H19FN2O4. The number of carbonyl (C=O) groups is 2. The van der Waals surface area contributed by atoms with E-state index in [2.05, 4.69) is 10.1 Å². The number of esters is 1. The van der Waals surface area contributed by atoms with E-state index in [1.165, 1.54) is 19.2 Å². The number of rotatable bonds is 6. The summed E-state index contributed by atoms with van der Waals surface area (Å²) < 4.78 is 23.1. The molecule has 7 heteroatoms. The molecule has 3 N–H and O–H groups in total. The third kappa shape index (κ3) is 4.42. The fraction of sp³-hybridized carbons (Fsp3) is 0.429. The van der Waals surface area contributed by atoms with Gasteiger partial charge in [0.1, 0.15) is 0 Å². The minimum Gasteiger partial charge on any atom is -0.494 e. The van der Waals surface area contributed by atoms with Crippen LogP contribution in [0.25, 0.3) is 0 Å². The van der Waals surface area contributed by atoms with Crippen molar-refractivity contribution in [2.24, 2.45) is 5.73 Å². The summed E-state index contributed by atoms with van der Waals surface area (Å²) in [5.74, 6) is -1.91. The summed E-state index contributed by atoms with van der Waals surface area (Å²) in [6.07, 6.45) is 0. The average Bonchev–Trinajstić information content (AvgIpc) is 2.46. The molecule has 116 valence electrons. The van der Waals surface area contributed by atoms with E-state index in [1.807, 2.05) is 0 Å². The Morgan fingerprint density at radius 3 is 2.62 bits per heavy atom.